The molecule has 1 aromatic carbocycles. The van der Waals surface area contributed by atoms with E-state index in [0.29, 0.717) is 29.1 Å². The lowest BCUT2D eigenvalue weighted by Crippen LogP contribution is -2.13. The highest BCUT2D eigenvalue weighted by molar-refractivity contribution is 5.98. The first-order chi connectivity index (χ1) is 10.7. The Hall–Kier alpha value is -2.74. The Labute approximate surface area is 127 Å². The summed E-state index contributed by atoms with van der Waals surface area (Å²) in [5, 5.41) is 11.6. The Bertz CT molecular complexity index is 780. The van der Waals surface area contributed by atoms with Gasteiger partial charge in [-0.25, -0.2) is 9.37 Å². The minimum Gasteiger partial charge on any atom is -0.340 e. The molecule has 0 amide bonds. The number of pyridine rings is 1. The van der Waals surface area contributed by atoms with Crippen LogP contribution in [0.1, 0.15) is 34.5 Å². The van der Waals surface area contributed by atoms with Gasteiger partial charge in [-0.2, -0.15) is 5.26 Å². The molecule has 0 saturated carbocycles. The monoisotopic (exact) mass is 295 g/mol. The lowest BCUT2D eigenvalue weighted by Gasteiger charge is -2.15. The van der Waals surface area contributed by atoms with E-state index in [4.69, 9.17) is 5.26 Å². The highest BCUT2D eigenvalue weighted by Crippen LogP contribution is 2.24. The maximum absolute atomic E-state index is 13.8. The fraction of sp³-hybridized carbons (Fsp3) is 0.235. The lowest BCUT2D eigenvalue weighted by atomic mass is 9.95. The van der Waals surface area contributed by atoms with Gasteiger partial charge in [0.05, 0.1) is 18.2 Å². The van der Waals surface area contributed by atoms with Gasteiger partial charge in [0.15, 0.2) is 5.78 Å². The number of hydrogen-bond acceptors (Lipinski definition) is 4. The number of Topliss-reactive ketones (excluding diaryl/α,β-unsaturated/α-hetero) is 1. The molecule has 22 heavy (non-hydrogen) atoms. The minimum atomic E-state index is -0.417. The van der Waals surface area contributed by atoms with Crippen molar-refractivity contribution in [3.05, 3.63) is 53.0 Å². The summed E-state index contributed by atoms with van der Waals surface area (Å²) in [7, 11) is 0. The normalized spacial score (nSPS) is 13.4. The average molecular weight is 295 g/mol. The standard InChI is InChI=1S/C17H14FN3O/c18-14-10-12(5-4-11(14)8-9-19)20-17-7-6-13-15(21-17)2-1-3-16(13)22/h4-7,10H,1-3,8H2,(H,20,21). The van der Waals surface area contributed by atoms with E-state index in [-0.39, 0.29) is 12.2 Å². The number of benzene rings is 1. The molecule has 4 nitrogen and oxygen atoms in total. The van der Waals surface area contributed by atoms with Gasteiger partial charge >= 0.3 is 0 Å². The summed E-state index contributed by atoms with van der Waals surface area (Å²) in [6, 6.07) is 10.1. The summed E-state index contributed by atoms with van der Waals surface area (Å²) in [5.41, 5.74) is 2.42. The maximum atomic E-state index is 13.8. The summed E-state index contributed by atoms with van der Waals surface area (Å²) >= 11 is 0. The Morgan fingerprint density at radius 1 is 1.27 bits per heavy atom. The van der Waals surface area contributed by atoms with E-state index >= 15 is 0 Å². The smallest absolute Gasteiger partial charge is 0.164 e. The second kappa shape index (κ2) is 5.94. The highest BCUT2D eigenvalue weighted by atomic mass is 19.1. The summed E-state index contributed by atoms with van der Waals surface area (Å²) < 4.78 is 13.8. The molecule has 0 aliphatic heterocycles. The van der Waals surface area contributed by atoms with Crippen LogP contribution in [0.4, 0.5) is 15.9 Å². The number of hydrogen-bond donors (Lipinski definition) is 1. The van der Waals surface area contributed by atoms with Crippen LogP contribution in [0.15, 0.2) is 30.3 Å². The predicted octanol–water partition coefficient (Wildman–Crippen LogP) is 3.55. The van der Waals surface area contributed by atoms with Gasteiger partial charge in [0, 0.05) is 23.2 Å². The molecule has 1 heterocycles. The second-order valence-electron chi connectivity index (χ2n) is 5.23. The zero-order chi connectivity index (χ0) is 15.5. The van der Waals surface area contributed by atoms with Crippen LogP contribution in [0, 0.1) is 17.1 Å². The van der Waals surface area contributed by atoms with E-state index in [1.165, 1.54) is 6.07 Å². The van der Waals surface area contributed by atoms with Crippen LogP contribution in [-0.4, -0.2) is 10.8 Å². The lowest BCUT2D eigenvalue weighted by molar-refractivity contribution is 0.0971. The number of carbonyl (C=O) groups is 1. The van der Waals surface area contributed by atoms with Crippen LogP contribution >= 0.6 is 0 Å². The van der Waals surface area contributed by atoms with Crippen molar-refractivity contribution in [2.45, 2.75) is 25.7 Å². The summed E-state index contributed by atoms with van der Waals surface area (Å²) in [4.78, 5) is 16.2. The molecule has 0 saturated heterocycles. The molecule has 2 aromatic rings. The first-order valence-electron chi connectivity index (χ1n) is 7.13. The largest absolute Gasteiger partial charge is 0.340 e. The Morgan fingerprint density at radius 3 is 2.91 bits per heavy atom. The van der Waals surface area contributed by atoms with Gasteiger partial charge in [-0.15, -0.1) is 0 Å². The number of aromatic nitrogens is 1. The van der Waals surface area contributed by atoms with Crippen LogP contribution in [0.25, 0.3) is 0 Å². The third-order valence-corrected chi connectivity index (χ3v) is 3.69. The fourth-order valence-electron chi connectivity index (χ4n) is 2.57. The molecule has 1 aromatic heterocycles. The van der Waals surface area contributed by atoms with Crippen molar-refractivity contribution in [3.8, 4) is 6.07 Å². The number of nitrogens with zero attached hydrogens (tertiary/aromatic N) is 2. The van der Waals surface area contributed by atoms with Crippen molar-refractivity contribution in [2.75, 3.05) is 5.32 Å². The number of rotatable bonds is 3. The molecular weight excluding hydrogens is 281 g/mol. The third-order valence-electron chi connectivity index (χ3n) is 3.69. The van der Waals surface area contributed by atoms with E-state index in [9.17, 15) is 9.18 Å². The number of ketones is 1. The number of anilines is 2. The van der Waals surface area contributed by atoms with E-state index in [1.807, 2.05) is 6.07 Å². The van der Waals surface area contributed by atoms with Gasteiger partial charge in [0.2, 0.25) is 0 Å². The van der Waals surface area contributed by atoms with Gasteiger partial charge in [-0.1, -0.05) is 6.07 Å². The minimum absolute atomic E-state index is 0.0469. The molecule has 1 aliphatic rings. The van der Waals surface area contributed by atoms with E-state index in [0.717, 1.165) is 18.5 Å². The first-order valence-corrected chi connectivity index (χ1v) is 7.13. The van der Waals surface area contributed by atoms with Crippen molar-refractivity contribution >= 4 is 17.3 Å². The number of carbonyl (C=O) groups excluding carboxylic acids is 1. The molecular formula is C17H14FN3O. The van der Waals surface area contributed by atoms with Crippen molar-refractivity contribution in [1.82, 2.24) is 4.98 Å². The summed E-state index contributed by atoms with van der Waals surface area (Å²) in [6.45, 7) is 0. The van der Waals surface area contributed by atoms with Crippen molar-refractivity contribution in [1.29, 1.82) is 5.26 Å². The number of halogens is 1. The Balaban J connectivity index is 1.83. The quantitative estimate of drug-likeness (QED) is 0.940. The molecule has 0 radical (unpaired) electrons. The number of fused-ring (bicyclic) bond motifs is 1. The molecule has 3 rings (SSSR count). The second-order valence-corrected chi connectivity index (χ2v) is 5.23. The molecule has 1 N–H and O–H groups in total. The molecule has 0 unspecified atom stereocenters. The van der Waals surface area contributed by atoms with Gasteiger partial charge in [-0.3, -0.25) is 4.79 Å². The fourth-order valence-corrected chi connectivity index (χ4v) is 2.57. The van der Waals surface area contributed by atoms with Gasteiger partial charge in [0.25, 0.3) is 0 Å². The van der Waals surface area contributed by atoms with Gasteiger partial charge in [-0.05, 0) is 37.1 Å². The summed E-state index contributed by atoms with van der Waals surface area (Å²) in [5.74, 6) is 0.299. The zero-order valence-corrected chi connectivity index (χ0v) is 11.9. The van der Waals surface area contributed by atoms with Crippen LogP contribution in [0.3, 0.4) is 0 Å². The molecule has 0 bridgehead atoms. The van der Waals surface area contributed by atoms with Crippen LogP contribution in [-0.2, 0) is 12.8 Å². The maximum Gasteiger partial charge on any atom is 0.164 e. The topological polar surface area (TPSA) is 65.8 Å². The number of aryl methyl sites for hydroxylation is 1. The van der Waals surface area contributed by atoms with E-state index in [2.05, 4.69) is 10.3 Å². The number of nitrogens with one attached hydrogen (secondary N) is 1. The van der Waals surface area contributed by atoms with Crippen LogP contribution < -0.4 is 5.32 Å². The first kappa shape index (κ1) is 14.2. The van der Waals surface area contributed by atoms with E-state index < -0.39 is 5.82 Å². The van der Waals surface area contributed by atoms with Crippen LogP contribution in [0.2, 0.25) is 0 Å². The van der Waals surface area contributed by atoms with Gasteiger partial charge < -0.3 is 5.32 Å². The Morgan fingerprint density at radius 2 is 2.14 bits per heavy atom. The molecule has 1 aliphatic carbocycles. The third kappa shape index (κ3) is 2.82. The van der Waals surface area contributed by atoms with Crippen LogP contribution in [0.5, 0.6) is 0 Å². The van der Waals surface area contributed by atoms with Crippen molar-refractivity contribution < 1.29 is 9.18 Å². The predicted molar refractivity (Wildman–Crippen MR) is 80.5 cm³/mol. The SMILES string of the molecule is N#CCc1ccc(Nc2ccc3c(n2)CCCC3=O)cc1F. The average Bonchev–Trinajstić information content (AvgIpc) is 2.50. The van der Waals surface area contributed by atoms with Crippen molar-refractivity contribution in [3.63, 3.8) is 0 Å². The highest BCUT2D eigenvalue weighted by Gasteiger charge is 2.18. The van der Waals surface area contributed by atoms with Crippen molar-refractivity contribution in [2.24, 2.45) is 0 Å². The molecule has 0 atom stereocenters. The molecule has 0 fully saturated rings. The molecule has 110 valence electrons. The molecule has 5 heteroatoms. The zero-order valence-electron chi connectivity index (χ0n) is 11.9. The van der Waals surface area contributed by atoms with E-state index in [1.54, 1.807) is 24.3 Å². The molecule has 0 spiro atoms. The van der Waals surface area contributed by atoms with Gasteiger partial charge in [0.1, 0.15) is 11.6 Å². The Kier molecular flexibility index (Phi) is 3.84. The summed E-state index contributed by atoms with van der Waals surface area (Å²) in [6.07, 6.45) is 2.23. The number of nitriles is 1.